The van der Waals surface area contributed by atoms with Crippen LogP contribution in [0.15, 0.2) is 12.1 Å². The van der Waals surface area contributed by atoms with Gasteiger partial charge in [0.2, 0.25) is 0 Å². The highest BCUT2D eigenvalue weighted by Gasteiger charge is 2.42. The van der Waals surface area contributed by atoms with Crippen LogP contribution in [0.5, 0.6) is 5.75 Å². The van der Waals surface area contributed by atoms with Crippen molar-refractivity contribution in [3.05, 3.63) is 33.4 Å². The van der Waals surface area contributed by atoms with Crippen molar-refractivity contribution in [2.75, 3.05) is 19.6 Å². The van der Waals surface area contributed by atoms with E-state index in [9.17, 15) is 28.4 Å². The number of nitro benzene ring substituents is 1. The Morgan fingerprint density at radius 3 is 2.38 bits per heavy atom. The van der Waals surface area contributed by atoms with Gasteiger partial charge in [0.25, 0.3) is 0 Å². The molecule has 1 saturated heterocycles. The van der Waals surface area contributed by atoms with Crippen LogP contribution in [0, 0.1) is 10.1 Å². The second kappa shape index (κ2) is 4.59. The maximum atomic E-state index is 12.5. The molecule has 3 rings (SSSR count). The van der Waals surface area contributed by atoms with Crippen LogP contribution in [-0.2, 0) is 0 Å². The maximum absolute atomic E-state index is 12.5. The largest absolute Gasteiger partial charge is 0.502 e. The summed E-state index contributed by atoms with van der Waals surface area (Å²) < 4.78 is 37.5. The molecule has 2 aliphatic rings. The van der Waals surface area contributed by atoms with Crippen LogP contribution in [0.3, 0.4) is 0 Å². The molecular weight excluding hydrogens is 289 g/mol. The molecule has 1 heterocycles. The molecule has 21 heavy (non-hydrogen) atoms. The minimum Gasteiger partial charge on any atom is -0.502 e. The van der Waals surface area contributed by atoms with E-state index in [-0.39, 0.29) is 30.6 Å². The van der Waals surface area contributed by atoms with Crippen LogP contribution in [0.25, 0.3) is 0 Å². The Kier molecular flexibility index (Phi) is 3.09. The number of halogens is 3. The lowest BCUT2D eigenvalue weighted by atomic mass is 9.96. The zero-order valence-electron chi connectivity index (χ0n) is 10.9. The van der Waals surface area contributed by atoms with Gasteiger partial charge in [-0.05, 0) is 35.4 Å². The number of nitrogens with zero attached hydrogens (tertiary/aromatic N) is 2. The topological polar surface area (TPSA) is 66.6 Å². The summed E-state index contributed by atoms with van der Waals surface area (Å²) in [6.07, 6.45) is -3.57. The van der Waals surface area contributed by atoms with E-state index in [1.807, 2.05) is 0 Å². The highest BCUT2D eigenvalue weighted by atomic mass is 19.4. The first-order valence-corrected chi connectivity index (χ1v) is 6.55. The number of benzene rings is 1. The zero-order chi connectivity index (χ0) is 15.4. The average molecular weight is 302 g/mol. The molecule has 1 aromatic carbocycles. The lowest BCUT2D eigenvalue weighted by Gasteiger charge is -2.32. The van der Waals surface area contributed by atoms with Crippen LogP contribution in [0.4, 0.5) is 18.9 Å². The van der Waals surface area contributed by atoms with Crippen molar-refractivity contribution in [2.45, 2.75) is 24.4 Å². The zero-order valence-corrected chi connectivity index (χ0v) is 10.9. The van der Waals surface area contributed by atoms with Crippen molar-refractivity contribution in [1.82, 2.24) is 4.90 Å². The van der Waals surface area contributed by atoms with Gasteiger partial charge in [0.15, 0.2) is 5.75 Å². The minimum absolute atomic E-state index is 0.104. The average Bonchev–Trinajstić information content (AvgIpc) is 2.58. The van der Waals surface area contributed by atoms with Gasteiger partial charge in [-0.3, -0.25) is 15.0 Å². The highest BCUT2D eigenvalue weighted by molar-refractivity contribution is 5.55. The number of hydrogen-bond acceptors (Lipinski definition) is 4. The number of phenolic OH excluding ortho intramolecular Hbond substituents is 1. The molecule has 114 valence electrons. The van der Waals surface area contributed by atoms with E-state index in [4.69, 9.17) is 0 Å². The second-order valence-electron chi connectivity index (χ2n) is 5.67. The highest BCUT2D eigenvalue weighted by Crippen LogP contribution is 2.49. The first-order chi connectivity index (χ1) is 9.74. The Balaban J connectivity index is 1.90. The fraction of sp³-hybridized carbons (Fsp3) is 0.538. The lowest BCUT2D eigenvalue weighted by molar-refractivity contribution is -0.385. The number of aromatic hydroxyl groups is 1. The fourth-order valence-electron chi connectivity index (χ4n) is 3.49. The molecular formula is C13H13F3N2O3. The Labute approximate surface area is 118 Å². The summed E-state index contributed by atoms with van der Waals surface area (Å²) >= 11 is 0. The summed E-state index contributed by atoms with van der Waals surface area (Å²) in [7, 11) is 0. The number of nitro groups is 1. The molecule has 2 bridgehead atoms. The molecule has 5 nitrogen and oxygen atoms in total. The molecule has 1 aliphatic carbocycles. The van der Waals surface area contributed by atoms with E-state index < -0.39 is 23.4 Å². The summed E-state index contributed by atoms with van der Waals surface area (Å²) in [5.74, 6) is -0.665. The lowest BCUT2D eigenvalue weighted by Crippen LogP contribution is -2.41. The van der Waals surface area contributed by atoms with E-state index in [0.717, 1.165) is 5.56 Å². The third-order valence-electron chi connectivity index (χ3n) is 4.19. The monoisotopic (exact) mass is 302 g/mol. The van der Waals surface area contributed by atoms with Gasteiger partial charge in [0.1, 0.15) is 0 Å². The van der Waals surface area contributed by atoms with Gasteiger partial charge in [-0.15, -0.1) is 0 Å². The Morgan fingerprint density at radius 1 is 1.29 bits per heavy atom. The number of phenols is 1. The SMILES string of the molecule is O=[N+]([O-])c1cc2c(cc1O)C1CC2CN(CC(F)(F)F)C1. The van der Waals surface area contributed by atoms with Crippen molar-refractivity contribution in [1.29, 1.82) is 0 Å². The first-order valence-electron chi connectivity index (χ1n) is 6.55. The molecule has 0 radical (unpaired) electrons. The second-order valence-corrected chi connectivity index (χ2v) is 5.67. The predicted molar refractivity (Wildman–Crippen MR) is 67.4 cm³/mol. The molecule has 1 fully saturated rings. The molecule has 1 N–H and O–H groups in total. The van der Waals surface area contributed by atoms with E-state index in [0.29, 0.717) is 12.0 Å². The van der Waals surface area contributed by atoms with Gasteiger partial charge in [-0.2, -0.15) is 13.2 Å². The van der Waals surface area contributed by atoms with Crippen molar-refractivity contribution in [3.63, 3.8) is 0 Å². The van der Waals surface area contributed by atoms with Crippen LogP contribution in [0.2, 0.25) is 0 Å². The predicted octanol–water partition coefficient (Wildman–Crippen LogP) is 2.75. The van der Waals surface area contributed by atoms with E-state index in [1.54, 1.807) is 0 Å². The van der Waals surface area contributed by atoms with Crippen molar-refractivity contribution in [3.8, 4) is 5.75 Å². The third-order valence-corrected chi connectivity index (χ3v) is 4.19. The molecule has 1 aromatic rings. The smallest absolute Gasteiger partial charge is 0.401 e. The van der Waals surface area contributed by atoms with Crippen LogP contribution in [0.1, 0.15) is 29.4 Å². The summed E-state index contributed by atoms with van der Waals surface area (Å²) in [6.45, 7) is -0.465. The molecule has 2 unspecified atom stereocenters. The number of alkyl halides is 3. The normalized spacial score (nSPS) is 24.9. The van der Waals surface area contributed by atoms with Gasteiger partial charge in [0, 0.05) is 19.2 Å². The van der Waals surface area contributed by atoms with Crippen molar-refractivity contribution < 1.29 is 23.2 Å². The standard InChI is InChI=1S/C13H13F3N2O3/c14-13(15,16)6-17-4-7-1-8(5-17)10-3-12(19)11(18(20)21)2-9(7)10/h2-3,7-8,19H,1,4-6H2. The summed E-state index contributed by atoms with van der Waals surface area (Å²) in [4.78, 5) is 11.5. The van der Waals surface area contributed by atoms with Gasteiger partial charge in [-0.1, -0.05) is 0 Å². The number of piperidine rings is 1. The number of hydrogen-bond donors (Lipinski definition) is 1. The molecule has 1 aliphatic heterocycles. The Morgan fingerprint density at radius 2 is 1.86 bits per heavy atom. The summed E-state index contributed by atoms with van der Waals surface area (Å²) in [5.41, 5.74) is 1.06. The summed E-state index contributed by atoms with van der Waals surface area (Å²) in [6, 6.07) is 2.65. The van der Waals surface area contributed by atoms with Crippen LogP contribution in [-0.4, -0.2) is 40.7 Å². The molecule has 2 atom stereocenters. The molecule has 8 heteroatoms. The number of fused-ring (bicyclic) bond motifs is 5. The van der Waals surface area contributed by atoms with E-state index in [1.165, 1.54) is 17.0 Å². The van der Waals surface area contributed by atoms with E-state index in [2.05, 4.69) is 0 Å². The summed E-state index contributed by atoms with van der Waals surface area (Å²) in [5, 5.41) is 20.5. The Bertz CT molecular complexity index is 603. The van der Waals surface area contributed by atoms with Crippen molar-refractivity contribution >= 4 is 5.69 Å². The molecule has 0 aromatic heterocycles. The minimum atomic E-state index is -4.25. The van der Waals surface area contributed by atoms with Crippen molar-refractivity contribution in [2.24, 2.45) is 0 Å². The molecule has 0 amide bonds. The van der Waals surface area contributed by atoms with Crippen LogP contribution < -0.4 is 0 Å². The number of rotatable bonds is 2. The van der Waals surface area contributed by atoms with Gasteiger partial charge >= 0.3 is 11.9 Å². The maximum Gasteiger partial charge on any atom is 0.401 e. The van der Waals surface area contributed by atoms with Crippen LogP contribution >= 0.6 is 0 Å². The third kappa shape index (κ3) is 2.55. The number of likely N-dealkylation sites (tertiary alicyclic amines) is 1. The first kappa shape index (κ1) is 14.1. The van der Waals surface area contributed by atoms with E-state index >= 15 is 0 Å². The fourth-order valence-corrected chi connectivity index (χ4v) is 3.49. The molecule has 0 spiro atoms. The molecule has 0 saturated carbocycles. The Hall–Kier alpha value is -1.83. The van der Waals surface area contributed by atoms with Gasteiger partial charge in [-0.25, -0.2) is 0 Å². The quantitative estimate of drug-likeness (QED) is 0.674. The van der Waals surface area contributed by atoms with Gasteiger partial charge in [0.05, 0.1) is 11.5 Å². The van der Waals surface area contributed by atoms with Gasteiger partial charge < -0.3 is 5.11 Å².